The number of allylic oxidation sites excluding steroid dienone is 1. The largest absolute Gasteiger partial charge is 0.393 e. The van der Waals surface area contributed by atoms with E-state index in [2.05, 4.69) is 5.32 Å². The molecule has 0 spiro atoms. The third kappa shape index (κ3) is 2.72. The Hall–Kier alpha value is -1.85. The fourth-order valence-electron chi connectivity index (χ4n) is 2.68. The summed E-state index contributed by atoms with van der Waals surface area (Å²) >= 11 is 0. The molecule has 0 aromatic heterocycles. The van der Waals surface area contributed by atoms with Crippen molar-refractivity contribution in [1.29, 1.82) is 0 Å². The summed E-state index contributed by atoms with van der Waals surface area (Å²) in [6.45, 7) is 1.11. The quantitative estimate of drug-likeness (QED) is 0.288. The van der Waals surface area contributed by atoms with Gasteiger partial charge in [0.1, 0.15) is 11.7 Å². The Balaban J connectivity index is 2.49. The van der Waals surface area contributed by atoms with Gasteiger partial charge in [0.05, 0.1) is 13.2 Å². The maximum absolute atomic E-state index is 12.5. The van der Waals surface area contributed by atoms with Crippen LogP contribution in [0.15, 0.2) is 11.6 Å². The maximum Gasteiger partial charge on any atom is 0.280 e. The number of piperazine rings is 1. The van der Waals surface area contributed by atoms with E-state index in [1.807, 2.05) is 5.32 Å². The van der Waals surface area contributed by atoms with Gasteiger partial charge in [-0.1, -0.05) is 0 Å². The van der Waals surface area contributed by atoms with Crippen LogP contribution < -0.4 is 10.6 Å². The molecule has 0 saturated carbocycles. The van der Waals surface area contributed by atoms with Gasteiger partial charge >= 0.3 is 0 Å². The van der Waals surface area contributed by atoms with Crippen LogP contribution in [0, 0.1) is 0 Å². The van der Waals surface area contributed by atoms with E-state index >= 15 is 0 Å². The topological polar surface area (TPSA) is 165 Å². The number of fused-ring (bicyclic) bond motifs is 5. The Kier molecular flexibility index (Phi) is 4.55. The summed E-state index contributed by atoms with van der Waals surface area (Å²) in [5.74, 6) is -2.71. The van der Waals surface area contributed by atoms with Crippen LogP contribution >= 0.6 is 0 Å². The van der Waals surface area contributed by atoms with Gasteiger partial charge in [0, 0.05) is 0 Å². The number of nitrogens with one attached hydrogen (secondary N) is 2. The van der Waals surface area contributed by atoms with Gasteiger partial charge in [0.15, 0.2) is 5.78 Å². The molecule has 0 unspecified atom stereocenters. The smallest absolute Gasteiger partial charge is 0.280 e. The van der Waals surface area contributed by atoms with Crippen LogP contribution in [0.1, 0.15) is 20.3 Å². The molecule has 0 aromatic rings. The summed E-state index contributed by atoms with van der Waals surface area (Å²) in [6.07, 6.45) is -1.09. The van der Waals surface area contributed by atoms with Crippen molar-refractivity contribution in [3.63, 3.8) is 0 Å². The molecule has 3 aliphatic heterocycles. The second kappa shape index (κ2) is 5.90. The van der Waals surface area contributed by atoms with Crippen molar-refractivity contribution in [3.8, 4) is 0 Å². The van der Waals surface area contributed by atoms with Crippen molar-refractivity contribution in [2.45, 2.75) is 43.4 Å². The Bertz CT molecular complexity index is 616. The van der Waals surface area contributed by atoms with Crippen molar-refractivity contribution in [2.75, 3.05) is 13.2 Å². The fourth-order valence-corrected chi connectivity index (χ4v) is 2.68. The second-order valence-electron chi connectivity index (χ2n) is 6.15. The molecule has 24 heavy (non-hydrogen) atoms. The molecular formula is C14H20N2O8. The van der Waals surface area contributed by atoms with Crippen molar-refractivity contribution in [1.82, 2.24) is 10.6 Å². The zero-order valence-corrected chi connectivity index (χ0v) is 13.2. The number of hydrogen-bond donors (Lipinski definition) is 6. The van der Waals surface area contributed by atoms with Crippen LogP contribution in [0.25, 0.3) is 0 Å². The van der Waals surface area contributed by atoms with Gasteiger partial charge in [-0.05, 0) is 31.9 Å². The van der Waals surface area contributed by atoms with Gasteiger partial charge in [-0.25, -0.2) is 0 Å². The number of ether oxygens (including phenoxy) is 1. The lowest BCUT2D eigenvalue weighted by Gasteiger charge is -2.49. The SMILES string of the molecule is CC(=O)/C=C1/CCO[C@]2([C@@H](O)[C@@](C)(O)CO)NC(=O)[C@@]1(O)NC2=O. The molecule has 6 N–H and O–H groups in total. The monoisotopic (exact) mass is 344 g/mol. The Labute approximate surface area is 137 Å². The number of aliphatic hydroxyl groups excluding tert-OH is 2. The highest BCUT2D eigenvalue weighted by molar-refractivity contribution is 6.04. The number of aliphatic hydroxyl groups is 4. The van der Waals surface area contributed by atoms with Crippen molar-refractivity contribution in [2.24, 2.45) is 0 Å². The molecule has 10 heteroatoms. The molecule has 10 nitrogen and oxygen atoms in total. The van der Waals surface area contributed by atoms with E-state index in [1.54, 1.807) is 0 Å². The molecule has 3 saturated heterocycles. The molecule has 2 amide bonds. The highest BCUT2D eigenvalue weighted by Gasteiger charge is 2.63. The van der Waals surface area contributed by atoms with Crippen molar-refractivity contribution >= 4 is 17.6 Å². The maximum atomic E-state index is 12.5. The number of rotatable bonds is 4. The predicted molar refractivity (Wildman–Crippen MR) is 77.0 cm³/mol. The Morgan fingerprint density at radius 2 is 2.04 bits per heavy atom. The summed E-state index contributed by atoms with van der Waals surface area (Å²) in [7, 11) is 0. The van der Waals surface area contributed by atoms with Gasteiger partial charge in [-0.15, -0.1) is 0 Å². The lowest BCUT2D eigenvalue weighted by Crippen LogP contribution is -2.82. The summed E-state index contributed by atoms with van der Waals surface area (Å²) in [4.78, 5) is 36.1. The molecule has 134 valence electrons. The molecule has 3 fully saturated rings. The lowest BCUT2D eigenvalue weighted by atomic mass is 9.84. The van der Waals surface area contributed by atoms with Crippen molar-refractivity contribution in [3.05, 3.63) is 11.6 Å². The fraction of sp³-hybridized carbons (Fsp3) is 0.643. The standard InChI is InChI=1S/C14H20N2O8/c1-7(18)5-8-3-4-24-14(9(19)12(2,22)6-17)11(21)15-13(8,23)10(20)16-14/h5,9,17,19,22-23H,3-4,6H2,1-2H3,(H,15,21)(H,16,20)/b8-5-/t9-,12-,13+,14-/m0/s1. The molecule has 0 aliphatic carbocycles. The van der Waals surface area contributed by atoms with Crippen LogP contribution in [0.2, 0.25) is 0 Å². The van der Waals surface area contributed by atoms with E-state index in [1.165, 1.54) is 6.92 Å². The molecule has 0 radical (unpaired) electrons. The lowest BCUT2D eigenvalue weighted by molar-refractivity contribution is -0.230. The summed E-state index contributed by atoms with van der Waals surface area (Å²) < 4.78 is 5.32. The van der Waals surface area contributed by atoms with Gasteiger partial charge in [0.2, 0.25) is 5.72 Å². The van der Waals surface area contributed by atoms with E-state index < -0.39 is 47.4 Å². The minimum absolute atomic E-state index is 0.0717. The zero-order chi connectivity index (χ0) is 18.3. The first-order chi connectivity index (χ1) is 11.0. The van der Waals surface area contributed by atoms with Crippen LogP contribution in [0.5, 0.6) is 0 Å². The molecule has 2 bridgehead atoms. The van der Waals surface area contributed by atoms with Gasteiger partial charge in [-0.2, -0.15) is 0 Å². The third-order valence-electron chi connectivity index (χ3n) is 4.10. The minimum atomic E-state index is -2.47. The Morgan fingerprint density at radius 1 is 1.42 bits per heavy atom. The number of hydrogen-bond acceptors (Lipinski definition) is 8. The van der Waals surface area contributed by atoms with E-state index in [-0.39, 0.29) is 18.6 Å². The van der Waals surface area contributed by atoms with Crippen LogP contribution in [0.3, 0.4) is 0 Å². The Morgan fingerprint density at radius 3 is 2.58 bits per heavy atom. The summed E-state index contributed by atoms with van der Waals surface area (Å²) in [6, 6.07) is 0. The van der Waals surface area contributed by atoms with Crippen LogP contribution in [0.4, 0.5) is 0 Å². The number of amides is 2. The zero-order valence-electron chi connectivity index (χ0n) is 13.2. The van der Waals surface area contributed by atoms with Gasteiger partial charge < -0.3 is 35.8 Å². The van der Waals surface area contributed by atoms with E-state index in [0.717, 1.165) is 13.0 Å². The first-order valence-electron chi connectivity index (χ1n) is 7.24. The first kappa shape index (κ1) is 18.5. The normalized spacial score (nSPS) is 35.5. The van der Waals surface area contributed by atoms with E-state index in [0.29, 0.717) is 0 Å². The number of carbonyl (C=O) groups is 3. The van der Waals surface area contributed by atoms with Gasteiger partial charge in [-0.3, -0.25) is 14.4 Å². The van der Waals surface area contributed by atoms with Crippen LogP contribution in [-0.2, 0) is 19.1 Å². The summed E-state index contributed by atoms with van der Waals surface area (Å²) in [5.41, 5.74) is -7.10. The molecule has 0 aromatic carbocycles. The van der Waals surface area contributed by atoms with Crippen LogP contribution in [-0.4, -0.2) is 74.4 Å². The van der Waals surface area contributed by atoms with E-state index in [9.17, 15) is 34.8 Å². The second-order valence-corrected chi connectivity index (χ2v) is 6.15. The molecular weight excluding hydrogens is 324 g/mol. The third-order valence-corrected chi connectivity index (χ3v) is 4.10. The van der Waals surface area contributed by atoms with Gasteiger partial charge in [0.25, 0.3) is 17.5 Å². The molecule has 3 aliphatic rings. The van der Waals surface area contributed by atoms with Crippen molar-refractivity contribution < 1.29 is 39.5 Å². The number of ketones is 1. The van der Waals surface area contributed by atoms with E-state index in [4.69, 9.17) is 4.74 Å². The average molecular weight is 344 g/mol. The minimum Gasteiger partial charge on any atom is -0.393 e. The first-order valence-corrected chi connectivity index (χ1v) is 7.24. The molecule has 3 rings (SSSR count). The number of carbonyl (C=O) groups excluding carboxylic acids is 3. The highest BCUT2D eigenvalue weighted by Crippen LogP contribution is 2.33. The summed E-state index contributed by atoms with van der Waals surface area (Å²) in [5, 5.41) is 44.1. The average Bonchev–Trinajstić information content (AvgIpc) is 2.49. The highest BCUT2D eigenvalue weighted by atomic mass is 16.5. The molecule has 4 atom stereocenters. The molecule has 3 heterocycles. The predicted octanol–water partition coefficient (Wildman–Crippen LogP) is -3.34.